The van der Waals surface area contributed by atoms with Crippen molar-refractivity contribution < 1.29 is 19.4 Å². The highest BCUT2D eigenvalue weighted by Gasteiger charge is 2.13. The van der Waals surface area contributed by atoms with Gasteiger partial charge in [-0.1, -0.05) is 177 Å². The lowest BCUT2D eigenvalue weighted by atomic mass is 10.0. The van der Waals surface area contributed by atoms with Crippen LogP contribution in [-0.4, -0.2) is 23.1 Å². The molecule has 0 fully saturated rings. The summed E-state index contributed by atoms with van der Waals surface area (Å²) in [7, 11) is 0. The van der Waals surface area contributed by atoms with Gasteiger partial charge in [0.2, 0.25) is 0 Å². The van der Waals surface area contributed by atoms with Gasteiger partial charge in [0, 0.05) is 12.8 Å². The lowest BCUT2D eigenvalue weighted by Crippen LogP contribution is -2.18. The van der Waals surface area contributed by atoms with Gasteiger partial charge in [0.1, 0.15) is 6.10 Å². The average molecular weight is 695 g/mol. The summed E-state index contributed by atoms with van der Waals surface area (Å²) >= 11 is 0. The summed E-state index contributed by atoms with van der Waals surface area (Å²) in [5.74, 6) is -0.677. The SMILES string of the molecule is CC/C=C\C/C=C\C/C=C\C/C=C\C/C=C\C/C=C\CCCCC(=O)OC(CCCC)CCCCCCCCCCCCCCCCC(=O)O. The van der Waals surface area contributed by atoms with Crippen LogP contribution in [0.2, 0.25) is 0 Å². The van der Waals surface area contributed by atoms with E-state index in [0.29, 0.717) is 12.8 Å². The number of unbranched alkanes of at least 4 members (excludes halogenated alkanes) is 16. The van der Waals surface area contributed by atoms with Gasteiger partial charge < -0.3 is 9.84 Å². The first kappa shape index (κ1) is 47.4. The van der Waals surface area contributed by atoms with Gasteiger partial charge >= 0.3 is 11.9 Å². The van der Waals surface area contributed by atoms with Crippen molar-refractivity contribution in [2.75, 3.05) is 0 Å². The molecule has 0 aliphatic rings. The van der Waals surface area contributed by atoms with E-state index in [2.05, 4.69) is 86.8 Å². The monoisotopic (exact) mass is 695 g/mol. The molecule has 1 atom stereocenters. The number of esters is 1. The molecule has 0 spiro atoms. The largest absolute Gasteiger partial charge is 0.481 e. The third-order valence-corrected chi connectivity index (χ3v) is 8.94. The van der Waals surface area contributed by atoms with E-state index < -0.39 is 5.97 Å². The Morgan fingerprint density at radius 2 is 0.840 bits per heavy atom. The van der Waals surface area contributed by atoms with Gasteiger partial charge in [0.05, 0.1) is 0 Å². The fourth-order valence-electron chi connectivity index (χ4n) is 5.88. The average Bonchev–Trinajstić information content (AvgIpc) is 3.10. The van der Waals surface area contributed by atoms with E-state index in [1.807, 2.05) is 0 Å². The van der Waals surface area contributed by atoms with Crippen LogP contribution in [0.1, 0.15) is 200 Å². The van der Waals surface area contributed by atoms with Crippen molar-refractivity contribution in [2.45, 2.75) is 206 Å². The zero-order chi connectivity index (χ0) is 36.4. The van der Waals surface area contributed by atoms with Gasteiger partial charge in [-0.05, 0) is 83.5 Å². The molecule has 0 rings (SSSR count). The molecule has 0 saturated carbocycles. The van der Waals surface area contributed by atoms with Crippen LogP contribution >= 0.6 is 0 Å². The standard InChI is InChI=1S/C46H78O4/c1-3-5-7-8-9-10-11-12-13-14-15-16-17-18-19-24-27-30-33-36-39-43-46(49)50-44(40-6-4-2)41-37-34-31-28-25-22-20-21-23-26-29-32-35-38-42-45(47)48/h5,7,9-10,12-13,15-16,18-19,27,30,44H,3-4,6,8,11,14,17,20-26,28-29,31-43H2,1-2H3,(H,47,48)/b7-5-,10-9-,13-12-,16-15-,19-18-,30-27-. The van der Waals surface area contributed by atoms with Gasteiger partial charge in [-0.15, -0.1) is 0 Å². The Morgan fingerprint density at radius 3 is 1.28 bits per heavy atom. The number of ether oxygens (including phenoxy) is 1. The van der Waals surface area contributed by atoms with E-state index >= 15 is 0 Å². The molecular formula is C46H78O4. The summed E-state index contributed by atoms with van der Waals surface area (Å²) in [6, 6.07) is 0. The zero-order valence-electron chi connectivity index (χ0n) is 32.7. The second-order valence-electron chi connectivity index (χ2n) is 13.8. The summed E-state index contributed by atoms with van der Waals surface area (Å²) in [4.78, 5) is 23.0. The third-order valence-electron chi connectivity index (χ3n) is 8.94. The van der Waals surface area contributed by atoms with Crippen LogP contribution < -0.4 is 0 Å². The van der Waals surface area contributed by atoms with Gasteiger partial charge in [-0.3, -0.25) is 9.59 Å². The quantitative estimate of drug-likeness (QED) is 0.0399. The Balaban J connectivity index is 3.76. The number of aliphatic carboxylic acids is 1. The molecule has 1 N–H and O–H groups in total. The molecule has 0 aromatic carbocycles. The lowest BCUT2D eigenvalue weighted by molar-refractivity contribution is -0.150. The predicted octanol–water partition coefficient (Wildman–Crippen LogP) is 14.7. The Hall–Kier alpha value is -2.62. The second-order valence-corrected chi connectivity index (χ2v) is 13.8. The number of carbonyl (C=O) groups is 2. The van der Waals surface area contributed by atoms with E-state index in [-0.39, 0.29) is 12.1 Å². The van der Waals surface area contributed by atoms with Crippen molar-refractivity contribution in [3.05, 3.63) is 72.9 Å². The summed E-state index contributed by atoms with van der Waals surface area (Å²) in [6.45, 7) is 4.37. The Bertz CT molecular complexity index is 922. The van der Waals surface area contributed by atoms with Crippen molar-refractivity contribution in [3.63, 3.8) is 0 Å². The molecule has 0 aromatic heterocycles. The Labute approximate surface area is 309 Å². The van der Waals surface area contributed by atoms with Gasteiger partial charge in [0.15, 0.2) is 0 Å². The lowest BCUT2D eigenvalue weighted by Gasteiger charge is -2.18. The zero-order valence-corrected chi connectivity index (χ0v) is 32.7. The van der Waals surface area contributed by atoms with Crippen LogP contribution in [0.15, 0.2) is 72.9 Å². The van der Waals surface area contributed by atoms with E-state index in [0.717, 1.165) is 103 Å². The fourth-order valence-corrected chi connectivity index (χ4v) is 5.88. The van der Waals surface area contributed by atoms with Crippen LogP contribution in [0.4, 0.5) is 0 Å². The maximum Gasteiger partial charge on any atom is 0.306 e. The molecule has 0 amide bonds. The minimum absolute atomic E-state index is 0.00736. The number of carbonyl (C=O) groups excluding carboxylic acids is 1. The summed E-state index contributed by atoms with van der Waals surface area (Å²) < 4.78 is 5.92. The number of carboxylic acids is 1. The number of hydrogen-bond acceptors (Lipinski definition) is 3. The highest BCUT2D eigenvalue weighted by Crippen LogP contribution is 2.18. The topological polar surface area (TPSA) is 63.6 Å². The minimum atomic E-state index is -0.670. The maximum absolute atomic E-state index is 12.5. The molecule has 0 aromatic rings. The molecule has 50 heavy (non-hydrogen) atoms. The Morgan fingerprint density at radius 1 is 0.460 bits per heavy atom. The summed E-state index contributed by atoms with van der Waals surface area (Å²) in [5, 5.41) is 8.67. The molecule has 0 heterocycles. The first-order valence-electron chi connectivity index (χ1n) is 20.9. The van der Waals surface area contributed by atoms with Crippen molar-refractivity contribution in [3.8, 4) is 0 Å². The molecular weight excluding hydrogens is 617 g/mol. The highest BCUT2D eigenvalue weighted by atomic mass is 16.5. The predicted molar refractivity (Wildman–Crippen MR) is 218 cm³/mol. The molecule has 4 nitrogen and oxygen atoms in total. The molecule has 286 valence electrons. The number of hydrogen-bond donors (Lipinski definition) is 1. The van der Waals surface area contributed by atoms with E-state index in [1.165, 1.54) is 70.6 Å². The molecule has 1 unspecified atom stereocenters. The Kier molecular flexibility index (Phi) is 38.7. The second kappa shape index (κ2) is 40.8. The normalized spacial score (nSPS) is 13.0. The first-order valence-corrected chi connectivity index (χ1v) is 20.9. The van der Waals surface area contributed by atoms with E-state index in [1.54, 1.807) is 0 Å². The number of carboxylic acid groups (broad SMARTS) is 1. The van der Waals surface area contributed by atoms with Gasteiger partial charge in [-0.2, -0.15) is 0 Å². The molecule has 0 aliphatic carbocycles. The summed E-state index contributed by atoms with van der Waals surface area (Å²) in [5.41, 5.74) is 0. The molecule has 0 saturated heterocycles. The van der Waals surface area contributed by atoms with Crippen molar-refractivity contribution in [1.29, 1.82) is 0 Å². The summed E-state index contributed by atoms with van der Waals surface area (Å²) in [6.07, 6.45) is 58.3. The van der Waals surface area contributed by atoms with Gasteiger partial charge in [0.25, 0.3) is 0 Å². The molecule has 0 aliphatic heterocycles. The van der Waals surface area contributed by atoms with Crippen LogP contribution in [0.5, 0.6) is 0 Å². The highest BCUT2D eigenvalue weighted by molar-refractivity contribution is 5.69. The molecule has 0 bridgehead atoms. The maximum atomic E-state index is 12.5. The van der Waals surface area contributed by atoms with Crippen LogP contribution in [0, 0.1) is 0 Å². The smallest absolute Gasteiger partial charge is 0.306 e. The number of allylic oxidation sites excluding steroid dienone is 12. The van der Waals surface area contributed by atoms with Crippen LogP contribution in [-0.2, 0) is 14.3 Å². The third kappa shape index (κ3) is 39.8. The number of rotatable bonds is 37. The van der Waals surface area contributed by atoms with Gasteiger partial charge in [-0.25, -0.2) is 0 Å². The minimum Gasteiger partial charge on any atom is -0.481 e. The molecule has 0 radical (unpaired) electrons. The first-order chi connectivity index (χ1) is 24.6. The van der Waals surface area contributed by atoms with Crippen LogP contribution in [0.25, 0.3) is 0 Å². The van der Waals surface area contributed by atoms with Crippen molar-refractivity contribution in [2.24, 2.45) is 0 Å². The fraction of sp³-hybridized carbons (Fsp3) is 0.696. The van der Waals surface area contributed by atoms with Crippen molar-refractivity contribution in [1.82, 2.24) is 0 Å². The van der Waals surface area contributed by atoms with Crippen LogP contribution in [0.3, 0.4) is 0 Å². The molecule has 4 heteroatoms. The van der Waals surface area contributed by atoms with Crippen molar-refractivity contribution >= 4 is 11.9 Å². The van der Waals surface area contributed by atoms with E-state index in [4.69, 9.17) is 9.84 Å². The van der Waals surface area contributed by atoms with E-state index in [9.17, 15) is 9.59 Å².